The predicted molar refractivity (Wildman–Crippen MR) is 135 cm³/mol. The van der Waals surface area contributed by atoms with Gasteiger partial charge in [0.25, 0.3) is 0 Å². The molecule has 8 heteroatoms. The van der Waals surface area contributed by atoms with Gasteiger partial charge in [0, 0.05) is 55.2 Å². The van der Waals surface area contributed by atoms with Gasteiger partial charge in [-0.15, -0.1) is 0 Å². The van der Waals surface area contributed by atoms with E-state index in [9.17, 15) is 14.7 Å². The van der Waals surface area contributed by atoms with E-state index in [0.717, 1.165) is 16.8 Å². The number of urea groups is 1. The molecule has 2 aliphatic rings. The molecular weight excluding hydrogens is 444 g/mol. The van der Waals surface area contributed by atoms with Crippen LogP contribution in [0.1, 0.15) is 50.6 Å². The lowest BCUT2D eigenvalue weighted by molar-refractivity contribution is -0.125. The normalized spacial score (nSPS) is 18.7. The van der Waals surface area contributed by atoms with Crippen LogP contribution in [0.15, 0.2) is 42.6 Å². The van der Waals surface area contributed by atoms with E-state index in [1.807, 2.05) is 6.20 Å². The van der Waals surface area contributed by atoms with Crippen LogP contribution in [-0.2, 0) is 4.79 Å². The summed E-state index contributed by atoms with van der Waals surface area (Å²) in [6, 6.07) is 11.3. The molecule has 8 nitrogen and oxygen atoms in total. The average Bonchev–Trinajstić information content (AvgIpc) is 2.92. The van der Waals surface area contributed by atoms with Crippen molar-refractivity contribution >= 4 is 17.5 Å². The molecule has 2 aromatic rings. The highest BCUT2D eigenvalue weighted by Gasteiger charge is 2.28. The fourth-order valence-electron chi connectivity index (χ4n) is 5.04. The Labute approximate surface area is 207 Å². The second-order valence-corrected chi connectivity index (χ2v) is 9.62. The number of amides is 2. The van der Waals surface area contributed by atoms with E-state index in [0.29, 0.717) is 32.1 Å². The fraction of sp³-hybridized carbons (Fsp3) is 0.519. The van der Waals surface area contributed by atoms with Crippen LogP contribution in [0.5, 0.6) is 0 Å². The van der Waals surface area contributed by atoms with Crippen molar-refractivity contribution in [3.63, 3.8) is 0 Å². The molecule has 3 N–H and O–H groups in total. The minimum absolute atomic E-state index is 0.406. The molecule has 1 saturated heterocycles. The second-order valence-electron chi connectivity index (χ2n) is 9.62. The van der Waals surface area contributed by atoms with Crippen molar-refractivity contribution in [3.8, 4) is 11.1 Å². The molecule has 2 amide bonds. The van der Waals surface area contributed by atoms with Gasteiger partial charge in [-0.3, -0.25) is 9.78 Å². The van der Waals surface area contributed by atoms with Crippen molar-refractivity contribution < 1.29 is 19.8 Å². The first-order chi connectivity index (χ1) is 17.0. The number of Topliss-reactive ketones (excluding diaryl/α,β-unsaturated/α-hetero) is 1. The minimum atomic E-state index is -1.11. The molecule has 0 bridgehead atoms. The van der Waals surface area contributed by atoms with Crippen LogP contribution in [0, 0.1) is 0 Å². The number of carbonyl (C=O) groups is 2. The van der Waals surface area contributed by atoms with Gasteiger partial charge in [0.05, 0.1) is 6.10 Å². The Balaban J connectivity index is 1.31. The van der Waals surface area contributed by atoms with Crippen LogP contribution in [0.25, 0.3) is 11.1 Å². The van der Waals surface area contributed by atoms with Crippen molar-refractivity contribution in [1.29, 1.82) is 0 Å². The van der Waals surface area contributed by atoms with E-state index in [1.54, 1.807) is 4.90 Å². The Morgan fingerprint density at radius 3 is 2.23 bits per heavy atom. The van der Waals surface area contributed by atoms with E-state index < -0.39 is 30.6 Å². The highest BCUT2D eigenvalue weighted by Crippen LogP contribution is 2.32. The molecule has 2 fully saturated rings. The topological polar surface area (TPSA) is 106 Å². The number of aromatic nitrogens is 1. The van der Waals surface area contributed by atoms with Crippen LogP contribution in [0.2, 0.25) is 0 Å². The van der Waals surface area contributed by atoms with Gasteiger partial charge in [-0.1, -0.05) is 37.5 Å². The third kappa shape index (κ3) is 6.18. The monoisotopic (exact) mass is 480 g/mol. The first kappa shape index (κ1) is 25.1. The number of anilines is 1. The fourth-order valence-corrected chi connectivity index (χ4v) is 5.04. The van der Waals surface area contributed by atoms with Gasteiger partial charge < -0.3 is 25.3 Å². The summed E-state index contributed by atoms with van der Waals surface area (Å²) in [5, 5.41) is 21.4. The van der Waals surface area contributed by atoms with Crippen LogP contribution in [0.3, 0.4) is 0 Å². The number of ketones is 1. The van der Waals surface area contributed by atoms with Crippen LogP contribution in [0.4, 0.5) is 10.5 Å². The number of hydrogen-bond acceptors (Lipinski definition) is 6. The lowest BCUT2D eigenvalue weighted by atomic mass is 9.86. The lowest BCUT2D eigenvalue weighted by Gasteiger charge is -2.37. The van der Waals surface area contributed by atoms with Crippen molar-refractivity contribution in [2.45, 2.75) is 57.1 Å². The summed E-state index contributed by atoms with van der Waals surface area (Å²) in [4.78, 5) is 32.9. The molecule has 1 aromatic heterocycles. The van der Waals surface area contributed by atoms with E-state index >= 15 is 0 Å². The average molecular weight is 481 g/mol. The van der Waals surface area contributed by atoms with Crippen molar-refractivity contribution in [3.05, 3.63) is 48.3 Å². The Kier molecular flexibility index (Phi) is 8.36. The molecule has 1 aromatic carbocycles. The summed E-state index contributed by atoms with van der Waals surface area (Å²) in [5.41, 5.74) is 4.56. The SMILES string of the molecule is C[C@@H](O)[C@H](NC(=O)N1CCN(c2ccc(-c3ccc(C4CCCCC4)nc3)cc2)CC1)C(=O)CO. The predicted octanol–water partition coefficient (Wildman–Crippen LogP) is 2.94. The third-order valence-electron chi connectivity index (χ3n) is 7.21. The van der Waals surface area contributed by atoms with Crippen molar-refractivity contribution in [2.24, 2.45) is 0 Å². The zero-order chi connectivity index (χ0) is 24.8. The molecule has 1 saturated carbocycles. The molecule has 1 aliphatic carbocycles. The summed E-state index contributed by atoms with van der Waals surface area (Å²) < 4.78 is 0. The smallest absolute Gasteiger partial charge is 0.318 e. The molecule has 0 spiro atoms. The Bertz CT molecular complexity index is 979. The summed E-state index contributed by atoms with van der Waals surface area (Å²) in [7, 11) is 0. The maximum absolute atomic E-state index is 12.5. The van der Waals surface area contributed by atoms with E-state index in [-0.39, 0.29) is 0 Å². The molecule has 0 radical (unpaired) electrons. The number of nitrogens with zero attached hydrogens (tertiary/aromatic N) is 3. The van der Waals surface area contributed by atoms with Gasteiger partial charge in [0.15, 0.2) is 5.78 Å². The Morgan fingerprint density at radius 1 is 1.00 bits per heavy atom. The number of carbonyl (C=O) groups excluding carboxylic acids is 2. The second kappa shape index (κ2) is 11.6. The van der Waals surface area contributed by atoms with Gasteiger partial charge in [0.2, 0.25) is 0 Å². The number of nitrogens with one attached hydrogen (secondary N) is 1. The quantitative estimate of drug-likeness (QED) is 0.563. The number of hydrogen-bond donors (Lipinski definition) is 3. The maximum Gasteiger partial charge on any atom is 0.318 e. The molecule has 1 aliphatic heterocycles. The minimum Gasteiger partial charge on any atom is -0.391 e. The van der Waals surface area contributed by atoms with E-state index in [4.69, 9.17) is 10.1 Å². The summed E-state index contributed by atoms with van der Waals surface area (Å²) in [6.07, 6.45) is 7.37. The van der Waals surface area contributed by atoms with E-state index in [1.165, 1.54) is 44.7 Å². The summed E-state index contributed by atoms with van der Waals surface area (Å²) in [6.45, 7) is 3.02. The maximum atomic E-state index is 12.5. The van der Waals surface area contributed by atoms with Crippen LogP contribution >= 0.6 is 0 Å². The zero-order valence-electron chi connectivity index (χ0n) is 20.4. The summed E-state index contributed by atoms with van der Waals surface area (Å²) in [5.74, 6) is -0.0000755. The van der Waals surface area contributed by atoms with Crippen molar-refractivity contribution in [1.82, 2.24) is 15.2 Å². The van der Waals surface area contributed by atoms with Gasteiger partial charge in [-0.05, 0) is 43.5 Å². The Morgan fingerprint density at radius 2 is 1.66 bits per heavy atom. The third-order valence-corrected chi connectivity index (χ3v) is 7.21. The van der Waals surface area contributed by atoms with Gasteiger partial charge in [-0.25, -0.2) is 4.79 Å². The molecular formula is C27H36N4O4. The molecule has 188 valence electrons. The molecule has 0 unspecified atom stereocenters. The number of aliphatic hydroxyl groups is 2. The number of aliphatic hydroxyl groups excluding tert-OH is 2. The highest BCUT2D eigenvalue weighted by molar-refractivity contribution is 5.89. The number of benzene rings is 1. The van der Waals surface area contributed by atoms with Gasteiger partial charge >= 0.3 is 6.03 Å². The van der Waals surface area contributed by atoms with E-state index in [2.05, 4.69) is 46.6 Å². The zero-order valence-corrected chi connectivity index (χ0v) is 20.4. The molecule has 2 heterocycles. The highest BCUT2D eigenvalue weighted by atomic mass is 16.3. The Hall–Kier alpha value is -2.97. The van der Waals surface area contributed by atoms with Crippen LogP contribution < -0.4 is 10.2 Å². The molecule has 35 heavy (non-hydrogen) atoms. The largest absolute Gasteiger partial charge is 0.391 e. The molecule has 2 atom stereocenters. The van der Waals surface area contributed by atoms with Crippen molar-refractivity contribution in [2.75, 3.05) is 37.7 Å². The van der Waals surface area contributed by atoms with Gasteiger partial charge in [0.1, 0.15) is 12.6 Å². The number of piperazine rings is 1. The number of rotatable bonds is 7. The number of pyridine rings is 1. The lowest BCUT2D eigenvalue weighted by Crippen LogP contribution is -2.57. The molecule has 4 rings (SSSR count). The standard InChI is InChI=1S/C27H36N4O4/c1-19(33)26(25(34)18-32)29-27(35)31-15-13-30(14-16-31)23-10-7-20(8-11-23)22-9-12-24(28-17-22)21-5-3-2-4-6-21/h7-12,17,19,21,26,32-33H,2-6,13-16,18H2,1H3,(H,29,35)/t19-,26+/m1/s1. The first-order valence-electron chi connectivity index (χ1n) is 12.6. The van der Waals surface area contributed by atoms with Gasteiger partial charge in [-0.2, -0.15) is 0 Å². The summed E-state index contributed by atoms with van der Waals surface area (Å²) >= 11 is 0. The van der Waals surface area contributed by atoms with Crippen LogP contribution in [-0.4, -0.2) is 76.8 Å². The first-order valence-corrected chi connectivity index (χ1v) is 12.6.